The van der Waals surface area contributed by atoms with Crippen molar-refractivity contribution in [3.8, 4) is 0 Å². The van der Waals surface area contributed by atoms with Gasteiger partial charge in [-0.05, 0) is 49.5 Å². The van der Waals surface area contributed by atoms with E-state index in [9.17, 15) is 4.79 Å². The molecule has 0 aromatic heterocycles. The molecule has 3 nitrogen and oxygen atoms in total. The van der Waals surface area contributed by atoms with Gasteiger partial charge in [-0.25, -0.2) is 0 Å². The zero-order valence-electron chi connectivity index (χ0n) is 16.3. The van der Waals surface area contributed by atoms with Crippen LogP contribution in [0.4, 0.5) is 0 Å². The van der Waals surface area contributed by atoms with Crippen LogP contribution in [0.5, 0.6) is 0 Å². The molecule has 0 aliphatic carbocycles. The monoisotopic (exact) mass is 353 g/mol. The van der Waals surface area contributed by atoms with Crippen molar-refractivity contribution in [3.63, 3.8) is 0 Å². The number of benzene rings is 2. The molecule has 3 heteroatoms. The maximum absolute atomic E-state index is 11.9. The first-order valence-electron chi connectivity index (χ1n) is 9.62. The molecule has 0 N–H and O–H groups in total. The van der Waals surface area contributed by atoms with Crippen LogP contribution in [0, 0.1) is 6.92 Å². The van der Waals surface area contributed by atoms with Crippen LogP contribution >= 0.6 is 0 Å². The lowest BCUT2D eigenvalue weighted by Gasteiger charge is -2.18. The Morgan fingerprint density at radius 1 is 0.885 bits per heavy atom. The van der Waals surface area contributed by atoms with Gasteiger partial charge in [-0.2, -0.15) is 0 Å². The summed E-state index contributed by atoms with van der Waals surface area (Å²) in [6, 6.07) is 16.8. The molecule has 0 saturated carbocycles. The highest BCUT2D eigenvalue weighted by molar-refractivity contribution is 5.69. The Kier molecular flexibility index (Phi) is 8.36. The number of hydrogen-bond acceptors (Lipinski definition) is 3. The van der Waals surface area contributed by atoms with Crippen LogP contribution in [0.1, 0.15) is 48.9 Å². The molecule has 0 aliphatic heterocycles. The molecular formula is C23H31NO2. The first-order chi connectivity index (χ1) is 12.6. The highest BCUT2D eigenvalue weighted by atomic mass is 16.5. The summed E-state index contributed by atoms with van der Waals surface area (Å²) in [4.78, 5) is 14.3. The Labute approximate surface area is 158 Å². The predicted molar refractivity (Wildman–Crippen MR) is 107 cm³/mol. The molecule has 2 aromatic carbocycles. The molecule has 0 amide bonds. The van der Waals surface area contributed by atoms with Crippen LogP contribution in [-0.2, 0) is 29.1 Å². The maximum Gasteiger partial charge on any atom is 0.306 e. The number of rotatable bonds is 10. The van der Waals surface area contributed by atoms with E-state index in [1.54, 1.807) is 0 Å². The Hall–Kier alpha value is -2.13. The smallest absolute Gasteiger partial charge is 0.306 e. The van der Waals surface area contributed by atoms with Crippen molar-refractivity contribution in [2.45, 2.75) is 53.2 Å². The van der Waals surface area contributed by atoms with Gasteiger partial charge in [0.1, 0.15) is 6.61 Å². The van der Waals surface area contributed by atoms with Gasteiger partial charge in [-0.15, -0.1) is 0 Å². The standard InChI is InChI=1S/C23H31NO2/c1-4-24(5-2)17-21-13-15-22(16-14-21)18-26-23(25)8-6-7-20-11-9-19(3)10-12-20/h9-16H,4-8,17-18H2,1-3H3. The highest BCUT2D eigenvalue weighted by Crippen LogP contribution is 2.11. The van der Waals surface area contributed by atoms with Crippen molar-refractivity contribution in [2.24, 2.45) is 0 Å². The first kappa shape index (κ1) is 20.2. The summed E-state index contributed by atoms with van der Waals surface area (Å²) < 4.78 is 5.40. The van der Waals surface area contributed by atoms with Crippen LogP contribution in [0.2, 0.25) is 0 Å². The van der Waals surface area contributed by atoms with Gasteiger partial charge in [0, 0.05) is 13.0 Å². The Morgan fingerprint density at radius 3 is 2.08 bits per heavy atom. The number of carbonyl (C=O) groups excluding carboxylic acids is 1. The summed E-state index contributed by atoms with van der Waals surface area (Å²) in [5.41, 5.74) is 4.87. The maximum atomic E-state index is 11.9. The van der Waals surface area contributed by atoms with Crippen LogP contribution in [0.25, 0.3) is 0 Å². The van der Waals surface area contributed by atoms with E-state index in [1.807, 2.05) is 0 Å². The number of aryl methyl sites for hydroxylation is 2. The molecule has 0 unspecified atom stereocenters. The molecule has 140 valence electrons. The van der Waals surface area contributed by atoms with E-state index in [0.29, 0.717) is 13.0 Å². The molecule has 0 aliphatic rings. The largest absolute Gasteiger partial charge is 0.461 e. The van der Waals surface area contributed by atoms with Gasteiger partial charge in [0.2, 0.25) is 0 Å². The molecule has 0 fully saturated rings. The second kappa shape index (κ2) is 10.8. The molecular weight excluding hydrogens is 322 g/mol. The fourth-order valence-corrected chi connectivity index (χ4v) is 2.87. The number of ether oxygens (including phenoxy) is 1. The predicted octanol–water partition coefficient (Wildman–Crippen LogP) is 4.90. The van der Waals surface area contributed by atoms with E-state index in [0.717, 1.165) is 38.0 Å². The number of esters is 1. The zero-order chi connectivity index (χ0) is 18.8. The van der Waals surface area contributed by atoms with E-state index < -0.39 is 0 Å². The zero-order valence-corrected chi connectivity index (χ0v) is 16.3. The highest BCUT2D eigenvalue weighted by Gasteiger charge is 2.05. The van der Waals surface area contributed by atoms with Crippen LogP contribution < -0.4 is 0 Å². The summed E-state index contributed by atoms with van der Waals surface area (Å²) in [5.74, 6) is -0.121. The second-order valence-electron chi connectivity index (χ2n) is 6.78. The molecule has 0 bridgehead atoms. The molecule has 2 rings (SSSR count). The third-order valence-corrected chi connectivity index (χ3v) is 4.69. The van der Waals surface area contributed by atoms with Gasteiger partial charge >= 0.3 is 5.97 Å². The van der Waals surface area contributed by atoms with E-state index >= 15 is 0 Å². The van der Waals surface area contributed by atoms with Crippen molar-refractivity contribution in [1.82, 2.24) is 4.90 Å². The van der Waals surface area contributed by atoms with Gasteiger partial charge < -0.3 is 4.74 Å². The first-order valence-corrected chi connectivity index (χ1v) is 9.62. The number of nitrogens with zero attached hydrogens (tertiary/aromatic N) is 1. The number of hydrogen-bond donors (Lipinski definition) is 0. The fraction of sp³-hybridized carbons (Fsp3) is 0.435. The van der Waals surface area contributed by atoms with Gasteiger partial charge in [0.25, 0.3) is 0 Å². The van der Waals surface area contributed by atoms with E-state index in [-0.39, 0.29) is 5.97 Å². The lowest BCUT2D eigenvalue weighted by atomic mass is 10.1. The summed E-state index contributed by atoms with van der Waals surface area (Å²) >= 11 is 0. The molecule has 0 atom stereocenters. The second-order valence-corrected chi connectivity index (χ2v) is 6.78. The molecule has 26 heavy (non-hydrogen) atoms. The third kappa shape index (κ3) is 7.01. The van der Waals surface area contributed by atoms with Gasteiger partial charge in [0.15, 0.2) is 0 Å². The fourth-order valence-electron chi connectivity index (χ4n) is 2.87. The summed E-state index contributed by atoms with van der Waals surface area (Å²) in [6.45, 7) is 9.86. The Bertz CT molecular complexity index is 658. The average Bonchev–Trinajstić information content (AvgIpc) is 2.67. The molecule has 0 saturated heterocycles. The Balaban J connectivity index is 1.69. The third-order valence-electron chi connectivity index (χ3n) is 4.69. The topological polar surface area (TPSA) is 29.5 Å². The van der Waals surface area contributed by atoms with Crippen molar-refractivity contribution in [3.05, 3.63) is 70.8 Å². The van der Waals surface area contributed by atoms with E-state index in [1.165, 1.54) is 16.7 Å². The van der Waals surface area contributed by atoms with Gasteiger partial charge in [0.05, 0.1) is 0 Å². The van der Waals surface area contributed by atoms with Crippen molar-refractivity contribution < 1.29 is 9.53 Å². The van der Waals surface area contributed by atoms with Crippen molar-refractivity contribution in [1.29, 1.82) is 0 Å². The van der Waals surface area contributed by atoms with Crippen molar-refractivity contribution >= 4 is 5.97 Å². The quantitative estimate of drug-likeness (QED) is 0.569. The van der Waals surface area contributed by atoms with Crippen LogP contribution in [-0.4, -0.2) is 24.0 Å². The number of carbonyl (C=O) groups is 1. The van der Waals surface area contributed by atoms with Gasteiger partial charge in [-0.1, -0.05) is 67.9 Å². The lowest BCUT2D eigenvalue weighted by Crippen LogP contribution is -2.22. The minimum atomic E-state index is -0.121. The van der Waals surface area contributed by atoms with E-state index in [2.05, 4.69) is 74.2 Å². The van der Waals surface area contributed by atoms with Gasteiger partial charge in [-0.3, -0.25) is 9.69 Å². The molecule has 0 spiro atoms. The summed E-state index contributed by atoms with van der Waals surface area (Å²) in [6.07, 6.45) is 2.20. The minimum absolute atomic E-state index is 0.121. The Morgan fingerprint density at radius 2 is 1.46 bits per heavy atom. The minimum Gasteiger partial charge on any atom is -0.461 e. The summed E-state index contributed by atoms with van der Waals surface area (Å²) in [7, 11) is 0. The molecule has 0 heterocycles. The lowest BCUT2D eigenvalue weighted by molar-refractivity contribution is -0.145. The van der Waals surface area contributed by atoms with Crippen molar-refractivity contribution in [2.75, 3.05) is 13.1 Å². The van der Waals surface area contributed by atoms with Crippen LogP contribution in [0.3, 0.4) is 0 Å². The normalized spacial score (nSPS) is 10.9. The summed E-state index contributed by atoms with van der Waals surface area (Å²) in [5, 5.41) is 0. The van der Waals surface area contributed by atoms with Crippen LogP contribution in [0.15, 0.2) is 48.5 Å². The van der Waals surface area contributed by atoms with E-state index in [4.69, 9.17) is 4.74 Å². The molecule has 0 radical (unpaired) electrons. The SMILES string of the molecule is CCN(CC)Cc1ccc(COC(=O)CCCc2ccc(C)cc2)cc1. The average molecular weight is 354 g/mol. The molecule has 2 aromatic rings.